The van der Waals surface area contributed by atoms with E-state index in [4.69, 9.17) is 5.14 Å². The average Bonchev–Trinajstić information content (AvgIpc) is 2.79. The van der Waals surface area contributed by atoms with Crippen molar-refractivity contribution < 1.29 is 13.2 Å². The number of nitrogens with two attached hydrogens (primary N) is 1. The molecule has 0 saturated heterocycles. The fraction of sp³-hybridized carbons (Fsp3) is 0.0833. The predicted molar refractivity (Wildman–Crippen MR) is 79.8 cm³/mol. The van der Waals surface area contributed by atoms with Crippen LogP contribution in [0.25, 0.3) is 0 Å². The van der Waals surface area contributed by atoms with Gasteiger partial charge in [-0.25, -0.2) is 5.14 Å². The van der Waals surface area contributed by atoms with Gasteiger partial charge in [0.25, 0.3) is 10.2 Å². The standard InChI is InChI=1S/C12H13N3O3S2/c13-20(17,18)15-11-3-1-2-10(7-11)14-12(16)6-9-4-5-19-8-9/h1-5,7-8,15H,6H2,(H,14,16)(H2,13,17,18). The molecular weight excluding hydrogens is 298 g/mol. The van der Waals surface area contributed by atoms with Gasteiger partial charge in [-0.1, -0.05) is 6.07 Å². The molecule has 0 saturated carbocycles. The van der Waals surface area contributed by atoms with Gasteiger partial charge in [-0.05, 0) is 40.6 Å². The maximum Gasteiger partial charge on any atom is 0.296 e. The van der Waals surface area contributed by atoms with E-state index in [-0.39, 0.29) is 12.3 Å². The predicted octanol–water partition coefficient (Wildman–Crippen LogP) is 1.54. The minimum absolute atomic E-state index is 0.170. The van der Waals surface area contributed by atoms with Crippen LogP contribution in [0.1, 0.15) is 5.56 Å². The molecule has 0 radical (unpaired) electrons. The first-order valence-electron chi connectivity index (χ1n) is 5.64. The second-order valence-electron chi connectivity index (χ2n) is 4.08. The molecule has 0 atom stereocenters. The molecule has 1 aromatic carbocycles. The topological polar surface area (TPSA) is 101 Å². The highest BCUT2D eigenvalue weighted by Gasteiger charge is 2.06. The summed E-state index contributed by atoms with van der Waals surface area (Å²) >= 11 is 1.53. The zero-order chi connectivity index (χ0) is 14.6. The van der Waals surface area contributed by atoms with Gasteiger partial charge in [0.15, 0.2) is 0 Å². The molecule has 2 rings (SSSR count). The van der Waals surface area contributed by atoms with Gasteiger partial charge in [0.2, 0.25) is 5.91 Å². The summed E-state index contributed by atoms with van der Waals surface area (Å²) in [4.78, 5) is 11.8. The number of hydrogen-bond donors (Lipinski definition) is 3. The Morgan fingerprint density at radius 3 is 2.65 bits per heavy atom. The Morgan fingerprint density at radius 2 is 2.00 bits per heavy atom. The fourth-order valence-electron chi connectivity index (χ4n) is 1.61. The van der Waals surface area contributed by atoms with Gasteiger partial charge in [-0.15, -0.1) is 0 Å². The number of hydrogen-bond acceptors (Lipinski definition) is 4. The summed E-state index contributed by atoms with van der Waals surface area (Å²) in [6.07, 6.45) is 0.274. The third-order valence-electron chi connectivity index (χ3n) is 2.35. The maximum atomic E-state index is 11.8. The monoisotopic (exact) mass is 311 g/mol. The quantitative estimate of drug-likeness (QED) is 0.780. The van der Waals surface area contributed by atoms with E-state index in [1.807, 2.05) is 16.8 Å². The van der Waals surface area contributed by atoms with Crippen molar-refractivity contribution in [1.29, 1.82) is 0 Å². The first-order chi connectivity index (χ1) is 9.42. The van der Waals surface area contributed by atoms with Gasteiger partial charge >= 0.3 is 0 Å². The molecule has 0 fully saturated rings. The van der Waals surface area contributed by atoms with E-state index >= 15 is 0 Å². The Kier molecular flexibility index (Phi) is 4.38. The molecule has 2 aromatic rings. The van der Waals surface area contributed by atoms with Gasteiger partial charge < -0.3 is 5.32 Å². The molecule has 0 spiro atoms. The largest absolute Gasteiger partial charge is 0.326 e. The molecule has 0 aliphatic carbocycles. The number of thiophene rings is 1. The fourth-order valence-corrected chi connectivity index (χ4v) is 2.73. The third-order valence-corrected chi connectivity index (χ3v) is 3.60. The van der Waals surface area contributed by atoms with Crippen molar-refractivity contribution >= 4 is 38.8 Å². The lowest BCUT2D eigenvalue weighted by Gasteiger charge is -2.07. The van der Waals surface area contributed by atoms with Crippen LogP contribution in [-0.4, -0.2) is 14.3 Å². The highest BCUT2D eigenvalue weighted by molar-refractivity contribution is 7.90. The normalized spacial score (nSPS) is 11.1. The second-order valence-corrected chi connectivity index (χ2v) is 6.16. The number of carbonyl (C=O) groups excluding carboxylic acids is 1. The van der Waals surface area contributed by atoms with Crippen LogP contribution in [0.15, 0.2) is 41.1 Å². The van der Waals surface area contributed by atoms with Crippen molar-refractivity contribution in [2.24, 2.45) is 5.14 Å². The molecular formula is C12H13N3O3S2. The van der Waals surface area contributed by atoms with E-state index < -0.39 is 10.2 Å². The summed E-state index contributed by atoms with van der Waals surface area (Å²) in [6.45, 7) is 0. The first kappa shape index (κ1) is 14.5. The summed E-state index contributed by atoms with van der Waals surface area (Å²) in [6, 6.07) is 8.20. The molecule has 1 amide bonds. The van der Waals surface area contributed by atoms with Crippen molar-refractivity contribution in [3.63, 3.8) is 0 Å². The first-order valence-corrected chi connectivity index (χ1v) is 8.13. The number of benzene rings is 1. The summed E-state index contributed by atoms with van der Waals surface area (Å²) in [5.41, 5.74) is 1.73. The molecule has 0 aliphatic rings. The van der Waals surface area contributed by atoms with Crippen LogP contribution in [0, 0.1) is 0 Å². The highest BCUT2D eigenvalue weighted by Crippen LogP contribution is 2.16. The van der Waals surface area contributed by atoms with Gasteiger partial charge in [-0.2, -0.15) is 19.8 Å². The van der Waals surface area contributed by atoms with Crippen LogP contribution < -0.4 is 15.2 Å². The van der Waals surface area contributed by atoms with E-state index in [9.17, 15) is 13.2 Å². The van der Waals surface area contributed by atoms with Crippen molar-refractivity contribution in [1.82, 2.24) is 0 Å². The lowest BCUT2D eigenvalue weighted by atomic mass is 10.2. The molecule has 1 aromatic heterocycles. The van der Waals surface area contributed by atoms with Gasteiger partial charge in [-0.3, -0.25) is 9.52 Å². The van der Waals surface area contributed by atoms with Crippen molar-refractivity contribution in [2.45, 2.75) is 6.42 Å². The number of rotatable bonds is 5. The summed E-state index contributed by atoms with van der Waals surface area (Å²) in [5, 5.41) is 11.4. The van der Waals surface area contributed by atoms with E-state index in [1.54, 1.807) is 18.2 Å². The molecule has 1 heterocycles. The van der Waals surface area contributed by atoms with Crippen LogP contribution in [0.2, 0.25) is 0 Å². The summed E-state index contributed by atoms with van der Waals surface area (Å²) in [7, 11) is -3.82. The van der Waals surface area contributed by atoms with E-state index in [2.05, 4.69) is 10.0 Å². The summed E-state index contributed by atoms with van der Waals surface area (Å²) in [5.74, 6) is -0.170. The van der Waals surface area contributed by atoms with Crippen LogP contribution in [-0.2, 0) is 21.4 Å². The van der Waals surface area contributed by atoms with Crippen LogP contribution in [0.3, 0.4) is 0 Å². The SMILES string of the molecule is NS(=O)(=O)Nc1cccc(NC(=O)Cc2ccsc2)c1. The van der Waals surface area contributed by atoms with Crippen molar-refractivity contribution in [3.05, 3.63) is 46.7 Å². The van der Waals surface area contributed by atoms with Crippen LogP contribution in [0.4, 0.5) is 11.4 Å². The maximum absolute atomic E-state index is 11.8. The van der Waals surface area contributed by atoms with Gasteiger partial charge in [0, 0.05) is 5.69 Å². The number of carbonyl (C=O) groups is 1. The van der Waals surface area contributed by atoms with E-state index in [1.165, 1.54) is 17.4 Å². The number of anilines is 2. The van der Waals surface area contributed by atoms with Crippen molar-refractivity contribution in [3.8, 4) is 0 Å². The molecule has 20 heavy (non-hydrogen) atoms. The zero-order valence-corrected chi connectivity index (χ0v) is 12.0. The van der Waals surface area contributed by atoms with Gasteiger partial charge in [0.1, 0.15) is 0 Å². The minimum Gasteiger partial charge on any atom is -0.326 e. The van der Waals surface area contributed by atoms with E-state index in [0.29, 0.717) is 11.4 Å². The number of nitrogens with one attached hydrogen (secondary N) is 2. The van der Waals surface area contributed by atoms with Gasteiger partial charge in [0.05, 0.1) is 12.1 Å². The molecule has 0 unspecified atom stereocenters. The lowest BCUT2D eigenvalue weighted by molar-refractivity contribution is -0.115. The molecule has 0 aliphatic heterocycles. The smallest absolute Gasteiger partial charge is 0.296 e. The third kappa shape index (κ3) is 4.65. The molecule has 0 bridgehead atoms. The van der Waals surface area contributed by atoms with Crippen LogP contribution in [0.5, 0.6) is 0 Å². The average molecular weight is 311 g/mol. The Bertz CT molecular complexity index is 696. The highest BCUT2D eigenvalue weighted by atomic mass is 32.2. The van der Waals surface area contributed by atoms with Crippen LogP contribution >= 0.6 is 11.3 Å². The lowest BCUT2D eigenvalue weighted by Crippen LogP contribution is -2.21. The Hall–Kier alpha value is -1.90. The molecule has 106 valence electrons. The molecule has 8 heteroatoms. The number of amides is 1. The Morgan fingerprint density at radius 1 is 1.25 bits per heavy atom. The zero-order valence-electron chi connectivity index (χ0n) is 10.4. The second kappa shape index (κ2) is 6.04. The Labute approximate surface area is 120 Å². The molecule has 4 N–H and O–H groups in total. The van der Waals surface area contributed by atoms with E-state index in [0.717, 1.165) is 5.56 Å². The minimum atomic E-state index is -3.82. The van der Waals surface area contributed by atoms with Crippen molar-refractivity contribution in [2.75, 3.05) is 10.0 Å². The summed E-state index contributed by atoms with van der Waals surface area (Å²) < 4.78 is 24.0. The Balaban J connectivity index is 2.02. The molecule has 6 nitrogen and oxygen atoms in total.